The lowest BCUT2D eigenvalue weighted by atomic mass is 9.89. The Hall–Kier alpha value is -1.30. The molecular weight excluding hydrogens is 272 g/mol. The zero-order valence-electron chi connectivity index (χ0n) is 12.3. The molecule has 2 saturated heterocycles. The van der Waals surface area contributed by atoms with Gasteiger partial charge in [0.05, 0.1) is 18.6 Å². The summed E-state index contributed by atoms with van der Waals surface area (Å²) in [4.78, 5) is 25.2. The Kier molecular flexibility index (Phi) is 4.33. The van der Waals surface area contributed by atoms with Gasteiger partial charge in [-0.05, 0) is 32.1 Å². The predicted molar refractivity (Wildman–Crippen MR) is 76.0 cm³/mol. The Bertz CT molecular complexity index is 408. The number of urea groups is 1. The number of hydrogen-bond donors (Lipinski definition) is 2. The summed E-state index contributed by atoms with van der Waals surface area (Å²) in [6.45, 7) is 1.05. The first-order valence-corrected chi connectivity index (χ1v) is 8.07. The van der Waals surface area contributed by atoms with Crippen LogP contribution in [0.5, 0.6) is 0 Å². The predicted octanol–water partition coefficient (Wildman–Crippen LogP) is 1.59. The van der Waals surface area contributed by atoms with E-state index in [0.29, 0.717) is 25.7 Å². The number of carbonyl (C=O) groups excluding carboxylic acids is 1. The fraction of sp³-hybridized carbons (Fsp3) is 0.867. The van der Waals surface area contributed by atoms with Crippen LogP contribution in [0, 0.1) is 5.92 Å². The lowest BCUT2D eigenvalue weighted by Gasteiger charge is -2.23. The van der Waals surface area contributed by atoms with Gasteiger partial charge in [0.1, 0.15) is 0 Å². The van der Waals surface area contributed by atoms with E-state index in [4.69, 9.17) is 4.74 Å². The van der Waals surface area contributed by atoms with Crippen LogP contribution in [0.2, 0.25) is 0 Å². The van der Waals surface area contributed by atoms with Crippen molar-refractivity contribution < 1.29 is 19.4 Å². The van der Waals surface area contributed by atoms with Gasteiger partial charge in [-0.2, -0.15) is 0 Å². The molecule has 3 fully saturated rings. The van der Waals surface area contributed by atoms with Crippen molar-refractivity contribution in [2.75, 3.05) is 13.2 Å². The monoisotopic (exact) mass is 296 g/mol. The number of aliphatic carboxylic acids is 1. The number of rotatable bonds is 5. The highest BCUT2D eigenvalue weighted by atomic mass is 16.5. The number of carboxylic acids is 1. The number of fused-ring (bicyclic) bond motifs is 2. The fourth-order valence-corrected chi connectivity index (χ4v) is 4.10. The van der Waals surface area contributed by atoms with Crippen LogP contribution in [-0.2, 0) is 9.53 Å². The molecule has 3 unspecified atom stereocenters. The number of carbonyl (C=O) groups is 2. The first kappa shape index (κ1) is 14.6. The van der Waals surface area contributed by atoms with Gasteiger partial charge in [0.15, 0.2) is 0 Å². The number of ether oxygens (including phenoxy) is 1. The molecule has 0 spiro atoms. The summed E-state index contributed by atoms with van der Waals surface area (Å²) in [7, 11) is 0. The molecule has 21 heavy (non-hydrogen) atoms. The molecule has 0 aromatic rings. The molecule has 118 valence electrons. The van der Waals surface area contributed by atoms with Crippen molar-refractivity contribution in [2.45, 2.75) is 63.1 Å². The summed E-state index contributed by atoms with van der Waals surface area (Å²) in [6.07, 6.45) is 7.45. The second-order valence-electron chi connectivity index (χ2n) is 6.40. The highest BCUT2D eigenvalue weighted by molar-refractivity contribution is 5.79. The number of nitrogens with zero attached hydrogens (tertiary/aromatic N) is 1. The molecule has 3 aliphatic rings. The quantitative estimate of drug-likeness (QED) is 0.755. The molecule has 0 aromatic heterocycles. The van der Waals surface area contributed by atoms with Gasteiger partial charge in [0.2, 0.25) is 0 Å². The maximum absolute atomic E-state index is 12.2. The number of hydrogen-bond acceptors (Lipinski definition) is 3. The van der Waals surface area contributed by atoms with E-state index in [9.17, 15) is 14.7 Å². The molecule has 6 heteroatoms. The standard InChI is InChI=1S/C15H24N2O4/c18-14(19)12-9-10-5-6-13(12)17(10)15(20)16-7-8-21-11-3-1-2-4-11/h10-13H,1-9H2,(H,16,20)(H,18,19). The molecule has 1 saturated carbocycles. The van der Waals surface area contributed by atoms with Crippen LogP contribution in [0.1, 0.15) is 44.9 Å². The van der Waals surface area contributed by atoms with Crippen LogP contribution in [0.25, 0.3) is 0 Å². The topological polar surface area (TPSA) is 78.9 Å². The summed E-state index contributed by atoms with van der Waals surface area (Å²) in [6, 6.07) is -0.142. The first-order valence-electron chi connectivity index (χ1n) is 8.07. The average molecular weight is 296 g/mol. The first-order chi connectivity index (χ1) is 10.2. The highest BCUT2D eigenvalue weighted by Crippen LogP contribution is 2.41. The summed E-state index contributed by atoms with van der Waals surface area (Å²) in [5, 5.41) is 12.1. The second-order valence-corrected chi connectivity index (χ2v) is 6.40. The number of nitrogens with one attached hydrogen (secondary N) is 1. The van der Waals surface area contributed by atoms with Gasteiger partial charge in [0.25, 0.3) is 0 Å². The lowest BCUT2D eigenvalue weighted by molar-refractivity contribution is -0.142. The van der Waals surface area contributed by atoms with E-state index in [0.717, 1.165) is 25.7 Å². The SMILES string of the molecule is O=C(O)C1CC2CCC1N2C(=O)NCCOC1CCCC1. The second kappa shape index (κ2) is 6.22. The molecular formula is C15H24N2O4. The molecule has 2 bridgehead atoms. The van der Waals surface area contributed by atoms with Gasteiger partial charge >= 0.3 is 12.0 Å². The van der Waals surface area contributed by atoms with E-state index < -0.39 is 5.97 Å². The van der Waals surface area contributed by atoms with Gasteiger partial charge in [0, 0.05) is 18.6 Å². The van der Waals surface area contributed by atoms with Crippen molar-refractivity contribution in [2.24, 2.45) is 5.92 Å². The van der Waals surface area contributed by atoms with E-state index >= 15 is 0 Å². The Labute approximate surface area is 124 Å². The molecule has 2 amide bonds. The van der Waals surface area contributed by atoms with E-state index in [2.05, 4.69) is 5.32 Å². The van der Waals surface area contributed by atoms with E-state index in [1.165, 1.54) is 12.8 Å². The lowest BCUT2D eigenvalue weighted by Crippen LogP contribution is -2.45. The summed E-state index contributed by atoms with van der Waals surface area (Å²) < 4.78 is 5.72. The molecule has 6 nitrogen and oxygen atoms in total. The van der Waals surface area contributed by atoms with Crippen molar-refractivity contribution in [3.63, 3.8) is 0 Å². The molecule has 3 atom stereocenters. The Morgan fingerprint density at radius 2 is 1.95 bits per heavy atom. The third kappa shape index (κ3) is 3.00. The minimum absolute atomic E-state index is 0.104. The van der Waals surface area contributed by atoms with E-state index in [-0.39, 0.29) is 24.0 Å². The van der Waals surface area contributed by atoms with Crippen molar-refractivity contribution in [1.82, 2.24) is 10.2 Å². The molecule has 2 aliphatic heterocycles. The number of carboxylic acid groups (broad SMARTS) is 1. The molecule has 0 aromatic carbocycles. The van der Waals surface area contributed by atoms with Crippen LogP contribution >= 0.6 is 0 Å². The van der Waals surface area contributed by atoms with Crippen LogP contribution in [0.3, 0.4) is 0 Å². The number of amides is 2. The normalized spacial score (nSPS) is 31.8. The molecule has 2 heterocycles. The zero-order chi connectivity index (χ0) is 14.8. The summed E-state index contributed by atoms with van der Waals surface area (Å²) in [5.74, 6) is -1.16. The zero-order valence-corrected chi connectivity index (χ0v) is 12.3. The highest BCUT2D eigenvalue weighted by Gasteiger charge is 2.51. The smallest absolute Gasteiger partial charge is 0.318 e. The summed E-state index contributed by atoms with van der Waals surface area (Å²) >= 11 is 0. The van der Waals surface area contributed by atoms with Gasteiger partial charge in [-0.15, -0.1) is 0 Å². The minimum atomic E-state index is -0.774. The van der Waals surface area contributed by atoms with Crippen LogP contribution in [-0.4, -0.2) is 53.3 Å². The average Bonchev–Trinajstić information content (AvgIpc) is 3.18. The maximum Gasteiger partial charge on any atom is 0.318 e. The molecule has 0 radical (unpaired) electrons. The minimum Gasteiger partial charge on any atom is -0.481 e. The maximum atomic E-state index is 12.2. The van der Waals surface area contributed by atoms with E-state index in [1.54, 1.807) is 4.90 Å². The van der Waals surface area contributed by atoms with Crippen molar-refractivity contribution >= 4 is 12.0 Å². The van der Waals surface area contributed by atoms with Gasteiger partial charge in [-0.3, -0.25) is 4.79 Å². The van der Waals surface area contributed by atoms with Crippen molar-refractivity contribution in [3.8, 4) is 0 Å². The third-order valence-electron chi connectivity index (χ3n) is 5.12. The fourth-order valence-electron chi connectivity index (χ4n) is 4.10. The van der Waals surface area contributed by atoms with Gasteiger partial charge in [-0.25, -0.2) is 4.79 Å². The van der Waals surface area contributed by atoms with Crippen LogP contribution in [0.4, 0.5) is 4.79 Å². The molecule has 2 N–H and O–H groups in total. The Morgan fingerprint density at radius 1 is 1.19 bits per heavy atom. The Morgan fingerprint density at radius 3 is 2.62 bits per heavy atom. The van der Waals surface area contributed by atoms with Gasteiger partial charge < -0.3 is 20.1 Å². The largest absolute Gasteiger partial charge is 0.481 e. The molecule has 1 aliphatic carbocycles. The third-order valence-corrected chi connectivity index (χ3v) is 5.12. The van der Waals surface area contributed by atoms with Crippen molar-refractivity contribution in [1.29, 1.82) is 0 Å². The van der Waals surface area contributed by atoms with Crippen molar-refractivity contribution in [3.05, 3.63) is 0 Å². The van der Waals surface area contributed by atoms with Crippen LogP contribution in [0.15, 0.2) is 0 Å². The van der Waals surface area contributed by atoms with Crippen LogP contribution < -0.4 is 5.32 Å². The Balaban J connectivity index is 1.42. The van der Waals surface area contributed by atoms with Gasteiger partial charge in [-0.1, -0.05) is 12.8 Å². The van der Waals surface area contributed by atoms with E-state index in [1.807, 2.05) is 0 Å². The summed E-state index contributed by atoms with van der Waals surface area (Å²) in [5.41, 5.74) is 0. The molecule has 3 rings (SSSR count).